The molecule has 0 saturated carbocycles. The van der Waals surface area contributed by atoms with E-state index >= 15 is 0 Å². The van der Waals surface area contributed by atoms with E-state index in [0.29, 0.717) is 0 Å². The third-order valence-corrected chi connectivity index (χ3v) is 3.55. The smallest absolute Gasteiger partial charge is 0.124 e. The monoisotopic (exact) mass is 251 g/mol. The highest BCUT2D eigenvalue weighted by atomic mass is 16.5. The van der Waals surface area contributed by atoms with Crippen molar-refractivity contribution in [2.24, 2.45) is 0 Å². The average Bonchev–Trinajstić information content (AvgIpc) is 2.47. The first kappa shape index (κ1) is 11.8. The summed E-state index contributed by atoms with van der Waals surface area (Å²) in [6.07, 6.45) is 2.25. The van der Waals surface area contributed by atoms with Crippen LogP contribution in [0.2, 0.25) is 0 Å². The molecule has 1 atom stereocenters. The lowest BCUT2D eigenvalue weighted by Crippen LogP contribution is -2.14. The first-order valence-corrected chi connectivity index (χ1v) is 6.47. The van der Waals surface area contributed by atoms with Gasteiger partial charge >= 0.3 is 0 Å². The molecule has 2 aromatic carbocycles. The van der Waals surface area contributed by atoms with Crippen molar-refractivity contribution < 1.29 is 4.74 Å². The Morgan fingerprint density at radius 1 is 1.00 bits per heavy atom. The molecule has 0 saturated heterocycles. The normalized spacial score (nSPS) is 17.2. The molecule has 1 unspecified atom stereocenters. The molecule has 1 heterocycles. The summed E-state index contributed by atoms with van der Waals surface area (Å²) in [5.41, 5.74) is 4.91. The zero-order valence-corrected chi connectivity index (χ0v) is 11.2. The number of benzene rings is 2. The number of allylic oxidation sites excluding steroid dienone is 1. The molecule has 0 fully saturated rings. The Morgan fingerprint density at radius 2 is 1.74 bits per heavy atom. The van der Waals surface area contributed by atoms with Crippen molar-refractivity contribution in [3.05, 3.63) is 65.7 Å². The second-order valence-electron chi connectivity index (χ2n) is 4.76. The second kappa shape index (κ2) is 4.81. The quantitative estimate of drug-likeness (QED) is 0.860. The molecule has 0 bridgehead atoms. The molecule has 19 heavy (non-hydrogen) atoms. The summed E-state index contributed by atoms with van der Waals surface area (Å²) in [7, 11) is 1.71. The summed E-state index contributed by atoms with van der Waals surface area (Å²) in [6, 6.07) is 16.7. The van der Waals surface area contributed by atoms with Crippen LogP contribution in [-0.2, 0) is 0 Å². The molecular formula is C17H17NO. The molecule has 3 rings (SSSR count). The summed E-state index contributed by atoms with van der Waals surface area (Å²) in [4.78, 5) is 0. The first-order chi connectivity index (χ1) is 9.29. The minimum absolute atomic E-state index is 0.158. The fourth-order valence-electron chi connectivity index (χ4n) is 2.59. The van der Waals surface area contributed by atoms with Gasteiger partial charge in [-0.2, -0.15) is 0 Å². The van der Waals surface area contributed by atoms with E-state index in [1.54, 1.807) is 7.11 Å². The Labute approximate surface area is 113 Å². The molecule has 2 nitrogen and oxygen atoms in total. The highest BCUT2D eigenvalue weighted by Crippen LogP contribution is 2.37. The number of ether oxygens (including phenoxy) is 1. The fourth-order valence-corrected chi connectivity index (χ4v) is 2.59. The summed E-state index contributed by atoms with van der Waals surface area (Å²) in [5.74, 6) is 0.920. The molecule has 0 aliphatic carbocycles. The van der Waals surface area contributed by atoms with Gasteiger partial charge in [-0.1, -0.05) is 42.5 Å². The van der Waals surface area contributed by atoms with E-state index < -0.39 is 0 Å². The van der Waals surface area contributed by atoms with Crippen LogP contribution in [0, 0.1) is 0 Å². The van der Waals surface area contributed by atoms with Crippen molar-refractivity contribution >= 4 is 11.3 Å². The van der Waals surface area contributed by atoms with Crippen molar-refractivity contribution in [2.75, 3.05) is 12.4 Å². The Bertz CT molecular complexity index is 631. The maximum absolute atomic E-state index is 5.45. The van der Waals surface area contributed by atoms with E-state index in [4.69, 9.17) is 4.74 Å². The highest BCUT2D eigenvalue weighted by Gasteiger charge is 2.19. The van der Waals surface area contributed by atoms with Gasteiger partial charge in [0.1, 0.15) is 5.75 Å². The average molecular weight is 251 g/mol. The van der Waals surface area contributed by atoms with Crippen molar-refractivity contribution in [3.8, 4) is 5.75 Å². The molecule has 1 N–H and O–H groups in total. The first-order valence-electron chi connectivity index (χ1n) is 6.47. The van der Waals surface area contributed by atoms with Gasteiger partial charge in [0.25, 0.3) is 0 Å². The van der Waals surface area contributed by atoms with Gasteiger partial charge in [0.15, 0.2) is 0 Å². The van der Waals surface area contributed by atoms with Crippen LogP contribution in [0.25, 0.3) is 5.57 Å². The Hall–Kier alpha value is -2.22. The van der Waals surface area contributed by atoms with Crippen molar-refractivity contribution in [1.29, 1.82) is 0 Å². The Kier molecular flexibility index (Phi) is 3.00. The minimum atomic E-state index is 0.158. The summed E-state index contributed by atoms with van der Waals surface area (Å²) in [6.45, 7) is 2.15. The van der Waals surface area contributed by atoms with E-state index in [-0.39, 0.29) is 6.04 Å². The number of hydrogen-bond acceptors (Lipinski definition) is 2. The standard InChI is InChI=1S/C17H17NO/c1-12-11-16(14-8-4-6-10-17(14)19-2)18-15-9-5-3-7-13(12)15/h3-11,16,18H,1-2H3. The number of hydrogen-bond donors (Lipinski definition) is 1. The molecule has 0 aromatic heterocycles. The van der Waals surface area contributed by atoms with Gasteiger partial charge in [-0.15, -0.1) is 0 Å². The van der Waals surface area contributed by atoms with Gasteiger partial charge in [0.05, 0.1) is 13.2 Å². The third-order valence-electron chi connectivity index (χ3n) is 3.55. The van der Waals surface area contributed by atoms with Gasteiger partial charge < -0.3 is 10.1 Å². The predicted octanol–water partition coefficient (Wildman–Crippen LogP) is 4.27. The van der Waals surface area contributed by atoms with E-state index in [1.807, 2.05) is 18.2 Å². The number of fused-ring (bicyclic) bond motifs is 1. The maximum Gasteiger partial charge on any atom is 0.124 e. The molecule has 0 radical (unpaired) electrons. The lowest BCUT2D eigenvalue weighted by Gasteiger charge is -2.26. The van der Waals surface area contributed by atoms with E-state index in [9.17, 15) is 0 Å². The molecule has 1 aliphatic heterocycles. The fraction of sp³-hybridized carbons (Fsp3) is 0.176. The molecule has 0 amide bonds. The van der Waals surface area contributed by atoms with Crippen molar-refractivity contribution in [3.63, 3.8) is 0 Å². The second-order valence-corrected chi connectivity index (χ2v) is 4.76. The largest absolute Gasteiger partial charge is 0.496 e. The van der Waals surface area contributed by atoms with Crippen LogP contribution in [0.4, 0.5) is 5.69 Å². The zero-order chi connectivity index (χ0) is 13.2. The molecule has 1 aliphatic rings. The van der Waals surface area contributed by atoms with Gasteiger partial charge in [0.2, 0.25) is 0 Å². The Balaban J connectivity index is 2.04. The number of para-hydroxylation sites is 2. The van der Waals surface area contributed by atoms with Crippen molar-refractivity contribution in [1.82, 2.24) is 0 Å². The predicted molar refractivity (Wildman–Crippen MR) is 79.5 cm³/mol. The highest BCUT2D eigenvalue weighted by molar-refractivity contribution is 5.79. The topological polar surface area (TPSA) is 21.3 Å². The molecule has 0 spiro atoms. The van der Waals surface area contributed by atoms with Crippen molar-refractivity contribution in [2.45, 2.75) is 13.0 Å². The molecule has 96 valence electrons. The van der Waals surface area contributed by atoms with Crippen LogP contribution >= 0.6 is 0 Å². The van der Waals surface area contributed by atoms with E-state index in [0.717, 1.165) is 5.75 Å². The van der Waals surface area contributed by atoms with Crippen LogP contribution < -0.4 is 10.1 Å². The SMILES string of the molecule is COc1ccccc1C1C=C(C)c2ccccc2N1. The maximum atomic E-state index is 5.45. The van der Waals surface area contributed by atoms with Gasteiger partial charge in [-0.05, 0) is 24.6 Å². The van der Waals surface area contributed by atoms with Crippen LogP contribution in [0.15, 0.2) is 54.6 Å². The molecule has 2 aromatic rings. The zero-order valence-electron chi connectivity index (χ0n) is 11.2. The number of methoxy groups -OCH3 is 1. The van der Waals surface area contributed by atoms with Crippen LogP contribution in [0.5, 0.6) is 5.75 Å². The van der Waals surface area contributed by atoms with Gasteiger partial charge in [-0.25, -0.2) is 0 Å². The lowest BCUT2D eigenvalue weighted by atomic mass is 9.94. The van der Waals surface area contributed by atoms with E-state index in [1.165, 1.54) is 22.4 Å². The van der Waals surface area contributed by atoms with Crippen LogP contribution in [0.1, 0.15) is 24.1 Å². The summed E-state index contributed by atoms with van der Waals surface area (Å²) in [5, 5.41) is 3.56. The third kappa shape index (κ3) is 2.10. The number of rotatable bonds is 2. The van der Waals surface area contributed by atoms with Crippen LogP contribution in [-0.4, -0.2) is 7.11 Å². The number of anilines is 1. The van der Waals surface area contributed by atoms with Gasteiger partial charge in [-0.3, -0.25) is 0 Å². The number of nitrogens with one attached hydrogen (secondary N) is 1. The van der Waals surface area contributed by atoms with Gasteiger partial charge in [0, 0.05) is 16.8 Å². The summed E-state index contributed by atoms with van der Waals surface area (Å²) >= 11 is 0. The minimum Gasteiger partial charge on any atom is -0.496 e. The van der Waals surface area contributed by atoms with E-state index in [2.05, 4.69) is 48.6 Å². The summed E-state index contributed by atoms with van der Waals surface area (Å²) < 4.78 is 5.45. The molecule has 2 heteroatoms. The Morgan fingerprint density at radius 3 is 2.58 bits per heavy atom. The molecular weight excluding hydrogens is 234 g/mol. The van der Waals surface area contributed by atoms with Crippen LogP contribution in [0.3, 0.4) is 0 Å². The lowest BCUT2D eigenvalue weighted by molar-refractivity contribution is 0.409.